The minimum atomic E-state index is -0.851. The molecule has 0 aliphatic carbocycles. The van der Waals surface area contributed by atoms with Gasteiger partial charge in [0.2, 0.25) is 0 Å². The van der Waals surface area contributed by atoms with Crippen LogP contribution in [-0.4, -0.2) is 45.9 Å². The second-order valence-electron chi connectivity index (χ2n) is 6.02. The van der Waals surface area contributed by atoms with E-state index >= 15 is 0 Å². The van der Waals surface area contributed by atoms with Gasteiger partial charge < -0.3 is 23.7 Å². The Hall–Kier alpha value is -3.62. The van der Waals surface area contributed by atoms with Crippen LogP contribution < -0.4 is 34.5 Å². The summed E-state index contributed by atoms with van der Waals surface area (Å²) in [6.07, 6.45) is -0.851. The molecule has 2 rings (SSSR count). The molecule has 0 saturated carbocycles. The first kappa shape index (κ1) is 22.7. The van der Waals surface area contributed by atoms with E-state index in [1.807, 2.05) is 6.92 Å². The molecule has 0 aliphatic rings. The lowest BCUT2D eigenvalue weighted by atomic mass is 10.1. The van der Waals surface area contributed by atoms with Gasteiger partial charge in [0.1, 0.15) is 17.2 Å². The molecule has 0 radical (unpaired) electrons. The van der Waals surface area contributed by atoms with Gasteiger partial charge in [0.25, 0.3) is 11.8 Å². The summed E-state index contributed by atoms with van der Waals surface area (Å²) in [5, 5.41) is 0. The highest BCUT2D eigenvalue weighted by Gasteiger charge is 2.20. The Morgan fingerprint density at radius 2 is 1.43 bits per heavy atom. The van der Waals surface area contributed by atoms with E-state index in [1.54, 1.807) is 31.2 Å². The molecular formula is C21H26N2O7. The van der Waals surface area contributed by atoms with E-state index in [-0.39, 0.29) is 11.3 Å². The van der Waals surface area contributed by atoms with Crippen LogP contribution in [0.25, 0.3) is 0 Å². The first-order chi connectivity index (χ1) is 14.4. The first-order valence-electron chi connectivity index (χ1n) is 9.23. The number of methoxy groups -OCH3 is 3. The molecule has 9 heteroatoms. The molecule has 1 atom stereocenters. The van der Waals surface area contributed by atoms with Crippen LogP contribution in [0.5, 0.6) is 28.7 Å². The van der Waals surface area contributed by atoms with Crippen LogP contribution in [0.1, 0.15) is 24.2 Å². The molecule has 9 nitrogen and oxygen atoms in total. The lowest BCUT2D eigenvalue weighted by Crippen LogP contribution is -2.47. The molecular weight excluding hydrogens is 392 g/mol. The molecule has 0 spiro atoms. The molecule has 162 valence electrons. The number of hydrogen-bond acceptors (Lipinski definition) is 7. The third kappa shape index (κ3) is 5.69. The highest BCUT2D eigenvalue weighted by molar-refractivity contribution is 5.99. The van der Waals surface area contributed by atoms with Crippen molar-refractivity contribution in [3.63, 3.8) is 0 Å². The molecule has 0 fully saturated rings. The van der Waals surface area contributed by atoms with Crippen LogP contribution in [0.3, 0.4) is 0 Å². The molecule has 0 unspecified atom stereocenters. The predicted molar refractivity (Wildman–Crippen MR) is 109 cm³/mol. The number of carbonyl (C=O) groups is 2. The number of ether oxygens (including phenoxy) is 5. The lowest BCUT2D eigenvalue weighted by molar-refractivity contribution is -0.128. The molecule has 30 heavy (non-hydrogen) atoms. The van der Waals surface area contributed by atoms with E-state index in [9.17, 15) is 9.59 Å². The zero-order valence-corrected chi connectivity index (χ0v) is 17.6. The molecule has 2 N–H and O–H groups in total. The maximum absolute atomic E-state index is 12.5. The van der Waals surface area contributed by atoms with E-state index < -0.39 is 17.9 Å². The van der Waals surface area contributed by atoms with Gasteiger partial charge in [-0.15, -0.1) is 0 Å². The van der Waals surface area contributed by atoms with Crippen molar-refractivity contribution in [2.75, 3.05) is 27.9 Å². The third-order valence-corrected chi connectivity index (χ3v) is 4.07. The Morgan fingerprint density at radius 3 is 2.00 bits per heavy atom. The molecule has 0 aliphatic heterocycles. The number of carbonyl (C=O) groups excluding carboxylic acids is 2. The standard InChI is InChI=1S/C21H26N2O7/c1-6-29-14-7-9-15(10-8-14)30-13(2)20(24)22-23-21(25)16-11-18(27-4)19(28-5)12-17(16)26-3/h7-13H,6H2,1-5H3,(H,22,24)(H,23,25)/t13-/m0/s1. The smallest absolute Gasteiger partial charge is 0.279 e. The molecule has 0 aromatic heterocycles. The van der Waals surface area contributed by atoms with Crippen molar-refractivity contribution < 1.29 is 33.3 Å². The molecule has 2 aromatic carbocycles. The van der Waals surface area contributed by atoms with Gasteiger partial charge in [-0.3, -0.25) is 20.4 Å². The second-order valence-corrected chi connectivity index (χ2v) is 6.02. The van der Waals surface area contributed by atoms with E-state index in [0.717, 1.165) is 0 Å². The van der Waals surface area contributed by atoms with Crippen LogP contribution in [-0.2, 0) is 4.79 Å². The van der Waals surface area contributed by atoms with Crippen molar-refractivity contribution >= 4 is 11.8 Å². The molecule has 2 amide bonds. The number of nitrogens with one attached hydrogen (secondary N) is 2. The van der Waals surface area contributed by atoms with Gasteiger partial charge in [0.15, 0.2) is 17.6 Å². The van der Waals surface area contributed by atoms with Crippen LogP contribution in [0.2, 0.25) is 0 Å². The van der Waals surface area contributed by atoms with E-state index in [0.29, 0.717) is 29.6 Å². The average Bonchev–Trinajstić information content (AvgIpc) is 2.77. The van der Waals surface area contributed by atoms with Gasteiger partial charge in [-0.05, 0) is 38.1 Å². The number of hydrogen-bond donors (Lipinski definition) is 2. The van der Waals surface area contributed by atoms with Crippen LogP contribution in [0.4, 0.5) is 0 Å². The fourth-order valence-electron chi connectivity index (χ4n) is 2.53. The van der Waals surface area contributed by atoms with Gasteiger partial charge in [-0.25, -0.2) is 0 Å². The maximum atomic E-state index is 12.5. The normalized spacial score (nSPS) is 11.1. The van der Waals surface area contributed by atoms with Gasteiger partial charge in [-0.2, -0.15) is 0 Å². The molecule has 0 saturated heterocycles. The number of amides is 2. The van der Waals surface area contributed by atoms with Crippen molar-refractivity contribution in [1.82, 2.24) is 10.9 Å². The molecule has 0 bridgehead atoms. The Morgan fingerprint density at radius 1 is 0.867 bits per heavy atom. The number of benzene rings is 2. The van der Waals surface area contributed by atoms with Gasteiger partial charge in [0.05, 0.1) is 33.5 Å². The third-order valence-electron chi connectivity index (χ3n) is 4.07. The number of rotatable bonds is 9. The van der Waals surface area contributed by atoms with E-state index in [2.05, 4.69) is 10.9 Å². The SMILES string of the molecule is CCOc1ccc(O[C@@H](C)C(=O)NNC(=O)c2cc(OC)c(OC)cc2OC)cc1. The molecule has 2 aromatic rings. The largest absolute Gasteiger partial charge is 0.496 e. The summed E-state index contributed by atoms with van der Waals surface area (Å²) in [6, 6.07) is 9.86. The topological polar surface area (TPSA) is 104 Å². The Balaban J connectivity index is 1.98. The highest BCUT2D eigenvalue weighted by Crippen LogP contribution is 2.34. The first-order valence-corrected chi connectivity index (χ1v) is 9.23. The zero-order chi connectivity index (χ0) is 22.1. The lowest BCUT2D eigenvalue weighted by Gasteiger charge is -2.17. The Kier molecular flexibility index (Phi) is 8.16. The Labute approximate surface area is 175 Å². The summed E-state index contributed by atoms with van der Waals surface area (Å²) in [4.78, 5) is 24.8. The number of hydrazine groups is 1. The van der Waals surface area contributed by atoms with Crippen LogP contribution >= 0.6 is 0 Å². The van der Waals surface area contributed by atoms with Gasteiger partial charge >= 0.3 is 0 Å². The summed E-state index contributed by atoms with van der Waals surface area (Å²) < 4.78 is 26.6. The van der Waals surface area contributed by atoms with Crippen molar-refractivity contribution in [3.8, 4) is 28.7 Å². The second kappa shape index (κ2) is 10.8. The maximum Gasteiger partial charge on any atom is 0.279 e. The zero-order valence-electron chi connectivity index (χ0n) is 17.6. The van der Waals surface area contributed by atoms with E-state index in [1.165, 1.54) is 33.5 Å². The van der Waals surface area contributed by atoms with E-state index in [4.69, 9.17) is 23.7 Å². The Bertz CT molecular complexity index is 868. The quantitative estimate of drug-likeness (QED) is 0.602. The van der Waals surface area contributed by atoms with Crippen molar-refractivity contribution in [3.05, 3.63) is 42.0 Å². The molecule has 0 heterocycles. The average molecular weight is 418 g/mol. The summed E-state index contributed by atoms with van der Waals surface area (Å²) >= 11 is 0. The predicted octanol–water partition coefficient (Wildman–Crippen LogP) is 2.34. The minimum Gasteiger partial charge on any atom is -0.496 e. The van der Waals surface area contributed by atoms with Crippen molar-refractivity contribution in [2.24, 2.45) is 0 Å². The fourth-order valence-corrected chi connectivity index (χ4v) is 2.53. The van der Waals surface area contributed by atoms with Crippen molar-refractivity contribution in [1.29, 1.82) is 0 Å². The highest BCUT2D eigenvalue weighted by atomic mass is 16.5. The summed E-state index contributed by atoms with van der Waals surface area (Å²) in [5.41, 5.74) is 4.84. The summed E-state index contributed by atoms with van der Waals surface area (Å²) in [7, 11) is 4.35. The van der Waals surface area contributed by atoms with Gasteiger partial charge in [0, 0.05) is 12.1 Å². The van der Waals surface area contributed by atoms with Crippen LogP contribution in [0, 0.1) is 0 Å². The fraction of sp³-hybridized carbons (Fsp3) is 0.333. The summed E-state index contributed by atoms with van der Waals surface area (Å²) in [6.45, 7) is 4.02. The summed E-state index contributed by atoms with van der Waals surface area (Å²) in [5.74, 6) is 1.10. The van der Waals surface area contributed by atoms with Crippen molar-refractivity contribution in [2.45, 2.75) is 20.0 Å². The van der Waals surface area contributed by atoms with Crippen LogP contribution in [0.15, 0.2) is 36.4 Å². The minimum absolute atomic E-state index is 0.163. The monoisotopic (exact) mass is 418 g/mol. The van der Waals surface area contributed by atoms with Gasteiger partial charge in [-0.1, -0.05) is 0 Å².